The van der Waals surface area contributed by atoms with Gasteiger partial charge in [0.1, 0.15) is 0 Å². The van der Waals surface area contributed by atoms with Crippen molar-refractivity contribution in [3.05, 3.63) is 71.9 Å². The maximum atomic E-state index is 13.7. The van der Waals surface area contributed by atoms with Crippen molar-refractivity contribution in [3.63, 3.8) is 0 Å². The fraction of sp³-hybridized carbons (Fsp3) is 0.238. The topological polar surface area (TPSA) is 106 Å². The molecule has 0 bridgehead atoms. The minimum atomic E-state index is -0.643. The molecule has 1 atom stereocenters. The van der Waals surface area contributed by atoms with Gasteiger partial charge in [0.05, 0.1) is 0 Å². The van der Waals surface area contributed by atoms with Gasteiger partial charge in [-0.15, -0.1) is 10.2 Å². The highest BCUT2D eigenvalue weighted by atomic mass is 32.2. The minimum absolute atomic E-state index is 0.0857. The molecule has 0 radical (unpaired) electrons. The third-order valence-corrected chi connectivity index (χ3v) is 4.83. The van der Waals surface area contributed by atoms with Gasteiger partial charge in [0.15, 0.2) is 17.7 Å². The van der Waals surface area contributed by atoms with E-state index in [2.05, 4.69) is 20.8 Å². The van der Waals surface area contributed by atoms with Crippen molar-refractivity contribution in [1.82, 2.24) is 20.8 Å². The van der Waals surface area contributed by atoms with Gasteiger partial charge in [0.2, 0.25) is 5.91 Å². The normalized spacial score (nSPS) is 11.5. The van der Waals surface area contributed by atoms with Gasteiger partial charge in [0, 0.05) is 18.7 Å². The Bertz CT molecular complexity index is 1020. The van der Waals surface area contributed by atoms with Gasteiger partial charge < -0.3 is 14.5 Å². The summed E-state index contributed by atoms with van der Waals surface area (Å²) in [5.41, 5.74) is 0.932. The predicted molar refractivity (Wildman–Crippen MR) is 112 cm³/mol. The number of thioether (sulfide) groups is 1. The lowest BCUT2D eigenvalue weighted by Crippen LogP contribution is -2.39. The van der Waals surface area contributed by atoms with Gasteiger partial charge in [-0.1, -0.05) is 54.2 Å². The van der Waals surface area contributed by atoms with Gasteiger partial charge in [0.25, 0.3) is 11.1 Å². The zero-order valence-electron chi connectivity index (χ0n) is 16.7. The van der Waals surface area contributed by atoms with Crippen LogP contribution in [0.25, 0.3) is 0 Å². The number of rotatable bonds is 9. The number of amides is 3. The number of hydrogen-bond donors (Lipinski definition) is 2. The molecule has 31 heavy (non-hydrogen) atoms. The molecule has 3 aromatic rings. The molecule has 1 aromatic heterocycles. The van der Waals surface area contributed by atoms with Crippen LogP contribution in [0.2, 0.25) is 0 Å². The number of imide groups is 1. The second kappa shape index (κ2) is 11.1. The van der Waals surface area contributed by atoms with Gasteiger partial charge >= 0.3 is 6.03 Å². The number of carbonyl (C=O) groups excluding carboxylic acids is 2. The molecule has 2 N–H and O–H groups in total. The van der Waals surface area contributed by atoms with E-state index in [1.54, 1.807) is 19.1 Å². The highest BCUT2D eigenvalue weighted by molar-refractivity contribution is 7.99. The van der Waals surface area contributed by atoms with Crippen LogP contribution in [-0.4, -0.2) is 27.9 Å². The van der Waals surface area contributed by atoms with Crippen molar-refractivity contribution >= 4 is 23.7 Å². The summed E-state index contributed by atoms with van der Waals surface area (Å²) in [6, 6.07) is 14.8. The lowest BCUT2D eigenvalue weighted by molar-refractivity contribution is -0.119. The number of ether oxygens (including phenoxy) is 1. The fourth-order valence-corrected chi connectivity index (χ4v) is 3.17. The fourth-order valence-electron chi connectivity index (χ4n) is 2.47. The standard InChI is InChI=1S/C21H21FN4O4S/c1-14(29-17-10-6-5-9-16(17)22)19-25-26-21(30-19)31-12-11-18(27)24-20(28)23-13-15-7-3-2-4-8-15/h2-10,14H,11-13H2,1H3,(H2,23,24,27,28)/t14-/m0/s1. The maximum absolute atomic E-state index is 13.7. The molecule has 3 rings (SSSR count). The number of urea groups is 1. The summed E-state index contributed by atoms with van der Waals surface area (Å²) in [4.78, 5) is 23.7. The van der Waals surface area contributed by atoms with Gasteiger partial charge in [-0.05, 0) is 24.6 Å². The van der Waals surface area contributed by atoms with Crippen LogP contribution in [0, 0.1) is 5.82 Å². The zero-order chi connectivity index (χ0) is 22.1. The van der Waals surface area contributed by atoms with Crippen molar-refractivity contribution in [1.29, 1.82) is 0 Å². The van der Waals surface area contributed by atoms with E-state index in [0.717, 1.165) is 5.56 Å². The first-order valence-corrected chi connectivity index (χ1v) is 10.5. The van der Waals surface area contributed by atoms with Crippen LogP contribution < -0.4 is 15.4 Å². The number of para-hydroxylation sites is 1. The van der Waals surface area contributed by atoms with Crippen LogP contribution in [0.3, 0.4) is 0 Å². The van der Waals surface area contributed by atoms with Crippen LogP contribution >= 0.6 is 11.8 Å². The van der Waals surface area contributed by atoms with E-state index in [4.69, 9.17) is 9.15 Å². The molecule has 0 aliphatic heterocycles. The molecule has 8 nitrogen and oxygen atoms in total. The zero-order valence-corrected chi connectivity index (χ0v) is 17.5. The molecule has 2 aromatic carbocycles. The number of halogens is 1. The molecule has 0 aliphatic rings. The average Bonchev–Trinajstić information content (AvgIpc) is 3.24. The molecule has 3 amide bonds. The number of aromatic nitrogens is 2. The Morgan fingerprint density at radius 2 is 1.87 bits per heavy atom. The van der Waals surface area contributed by atoms with Crippen LogP contribution in [0.5, 0.6) is 5.75 Å². The van der Waals surface area contributed by atoms with Crippen molar-refractivity contribution in [3.8, 4) is 5.75 Å². The van der Waals surface area contributed by atoms with Crippen LogP contribution in [0.1, 0.15) is 30.9 Å². The van der Waals surface area contributed by atoms with Gasteiger partial charge in [-0.3, -0.25) is 10.1 Å². The highest BCUT2D eigenvalue weighted by Gasteiger charge is 2.18. The monoisotopic (exact) mass is 444 g/mol. The maximum Gasteiger partial charge on any atom is 0.321 e. The minimum Gasteiger partial charge on any atom is -0.478 e. The molecule has 10 heteroatoms. The van der Waals surface area contributed by atoms with Crippen molar-refractivity contribution < 1.29 is 23.1 Å². The van der Waals surface area contributed by atoms with Crippen LogP contribution in [-0.2, 0) is 11.3 Å². The molecular weight excluding hydrogens is 423 g/mol. The van der Waals surface area contributed by atoms with Gasteiger partial charge in [-0.25, -0.2) is 9.18 Å². The summed E-state index contributed by atoms with van der Waals surface area (Å²) in [7, 11) is 0. The van der Waals surface area contributed by atoms with Crippen LogP contribution in [0.4, 0.5) is 9.18 Å². The summed E-state index contributed by atoms with van der Waals surface area (Å²) in [5, 5.41) is 12.9. The van der Waals surface area contributed by atoms with Crippen LogP contribution in [0.15, 0.2) is 64.2 Å². The summed E-state index contributed by atoms with van der Waals surface area (Å²) >= 11 is 1.17. The predicted octanol–water partition coefficient (Wildman–Crippen LogP) is 3.86. The number of nitrogens with zero attached hydrogens (tertiary/aromatic N) is 2. The van der Waals surface area contributed by atoms with E-state index < -0.39 is 23.9 Å². The first-order valence-electron chi connectivity index (χ1n) is 9.50. The SMILES string of the molecule is C[C@H](Oc1ccccc1F)c1nnc(SCCC(=O)NC(=O)NCc2ccccc2)o1. The first-order chi connectivity index (χ1) is 15.0. The smallest absolute Gasteiger partial charge is 0.321 e. The van der Waals surface area contributed by atoms with E-state index in [0.29, 0.717) is 12.3 Å². The highest BCUT2D eigenvalue weighted by Crippen LogP contribution is 2.25. The van der Waals surface area contributed by atoms with E-state index in [-0.39, 0.29) is 23.3 Å². The Balaban J connectivity index is 1.37. The van der Waals surface area contributed by atoms with E-state index in [9.17, 15) is 14.0 Å². The summed E-state index contributed by atoms with van der Waals surface area (Å²) in [6.45, 7) is 1.99. The van der Waals surface area contributed by atoms with Crippen molar-refractivity contribution in [2.24, 2.45) is 0 Å². The Labute approximate surface area is 182 Å². The average molecular weight is 444 g/mol. The quantitative estimate of drug-likeness (QED) is 0.483. The molecule has 1 heterocycles. The molecule has 162 valence electrons. The number of hydrogen-bond acceptors (Lipinski definition) is 7. The number of carbonyl (C=O) groups is 2. The summed E-state index contributed by atoms with van der Waals surface area (Å²) in [6.07, 6.45) is -0.557. The first kappa shape index (κ1) is 22.3. The third kappa shape index (κ3) is 7.10. The molecule has 0 saturated heterocycles. The molecular formula is C21H21FN4O4S. The Kier molecular flexibility index (Phi) is 7.99. The summed E-state index contributed by atoms with van der Waals surface area (Å²) in [5.74, 6) is -0.293. The summed E-state index contributed by atoms with van der Waals surface area (Å²) < 4.78 is 24.7. The molecule has 0 spiro atoms. The molecule has 0 unspecified atom stereocenters. The Morgan fingerprint density at radius 3 is 2.65 bits per heavy atom. The Morgan fingerprint density at radius 1 is 1.13 bits per heavy atom. The Hall–Kier alpha value is -3.40. The lowest BCUT2D eigenvalue weighted by Gasteiger charge is -2.11. The van der Waals surface area contributed by atoms with E-state index in [1.165, 1.54) is 23.9 Å². The second-order valence-corrected chi connectivity index (χ2v) is 7.46. The van der Waals surface area contributed by atoms with Crippen molar-refractivity contribution in [2.45, 2.75) is 31.2 Å². The van der Waals surface area contributed by atoms with Gasteiger partial charge in [-0.2, -0.15) is 0 Å². The molecule has 0 saturated carbocycles. The second-order valence-electron chi connectivity index (χ2n) is 6.41. The largest absolute Gasteiger partial charge is 0.478 e. The van der Waals surface area contributed by atoms with Crippen molar-refractivity contribution in [2.75, 3.05) is 5.75 Å². The number of nitrogens with one attached hydrogen (secondary N) is 2. The van der Waals surface area contributed by atoms with E-state index in [1.807, 2.05) is 30.3 Å². The molecule has 0 fully saturated rings. The lowest BCUT2D eigenvalue weighted by atomic mass is 10.2. The third-order valence-electron chi connectivity index (χ3n) is 4.01. The number of benzene rings is 2. The van der Waals surface area contributed by atoms with E-state index >= 15 is 0 Å². The molecule has 0 aliphatic carbocycles.